The van der Waals surface area contributed by atoms with E-state index in [1.807, 2.05) is 37.4 Å². The smallest absolute Gasteiger partial charge is 0.237 e. The summed E-state index contributed by atoms with van der Waals surface area (Å²) in [5.74, 6) is -0.144. The maximum atomic E-state index is 11.9. The molecule has 0 saturated heterocycles. The van der Waals surface area contributed by atoms with Crippen LogP contribution in [0.5, 0.6) is 0 Å². The van der Waals surface area contributed by atoms with Gasteiger partial charge in [-0.2, -0.15) is 0 Å². The Bertz CT molecular complexity index is 579. The van der Waals surface area contributed by atoms with Crippen LogP contribution in [0.1, 0.15) is 12.5 Å². The zero-order chi connectivity index (χ0) is 14.5. The second-order valence-corrected chi connectivity index (χ2v) is 5.20. The Hall–Kier alpha value is -1.85. The van der Waals surface area contributed by atoms with Gasteiger partial charge in [0.25, 0.3) is 0 Å². The van der Waals surface area contributed by atoms with Gasteiger partial charge < -0.3 is 21.1 Å². The molecule has 1 aromatic heterocycles. The number of nitrogens with one attached hydrogen (secondary N) is 2. The van der Waals surface area contributed by atoms with Crippen molar-refractivity contribution in [3.8, 4) is 0 Å². The maximum absolute atomic E-state index is 11.9. The molecule has 0 fully saturated rings. The molecule has 0 saturated carbocycles. The lowest BCUT2D eigenvalue weighted by molar-refractivity contribution is -0.122. The zero-order valence-corrected chi connectivity index (χ0v) is 11.6. The molecule has 5 N–H and O–H groups in total. The molecular weight excluding hydrogens is 254 g/mol. The highest BCUT2D eigenvalue weighted by molar-refractivity contribution is 5.86. The van der Waals surface area contributed by atoms with Gasteiger partial charge in [0, 0.05) is 30.3 Å². The van der Waals surface area contributed by atoms with Crippen LogP contribution in [0.15, 0.2) is 30.5 Å². The predicted molar refractivity (Wildman–Crippen MR) is 79.2 cm³/mol. The van der Waals surface area contributed by atoms with Crippen molar-refractivity contribution in [2.45, 2.75) is 19.4 Å². The van der Waals surface area contributed by atoms with E-state index in [0.29, 0.717) is 13.0 Å². The number of para-hydroxylation sites is 1. The number of aromatic nitrogens is 1. The van der Waals surface area contributed by atoms with Crippen molar-refractivity contribution in [2.75, 3.05) is 13.2 Å². The number of nitrogens with two attached hydrogens (primary N) is 1. The average Bonchev–Trinajstić information content (AvgIpc) is 2.87. The number of H-pyrrole nitrogens is 1. The van der Waals surface area contributed by atoms with E-state index in [4.69, 9.17) is 10.8 Å². The first-order valence-corrected chi connectivity index (χ1v) is 6.81. The van der Waals surface area contributed by atoms with Gasteiger partial charge in [-0.25, -0.2) is 0 Å². The SMILES string of the molecule is CC(CO)CNC(=O)[C@H](N)Cc1c[nH]c2ccccc12. The van der Waals surface area contributed by atoms with Crippen LogP contribution in [0.3, 0.4) is 0 Å². The molecule has 0 spiro atoms. The molecule has 1 unspecified atom stereocenters. The topological polar surface area (TPSA) is 91.1 Å². The van der Waals surface area contributed by atoms with Gasteiger partial charge in [0.15, 0.2) is 0 Å². The van der Waals surface area contributed by atoms with Gasteiger partial charge in [-0.3, -0.25) is 4.79 Å². The van der Waals surface area contributed by atoms with Crippen molar-refractivity contribution in [3.63, 3.8) is 0 Å². The Labute approximate surface area is 118 Å². The van der Waals surface area contributed by atoms with Gasteiger partial charge >= 0.3 is 0 Å². The van der Waals surface area contributed by atoms with E-state index >= 15 is 0 Å². The molecule has 1 heterocycles. The summed E-state index contributed by atoms with van der Waals surface area (Å²) in [6.07, 6.45) is 2.39. The van der Waals surface area contributed by atoms with Crippen molar-refractivity contribution in [1.82, 2.24) is 10.3 Å². The summed E-state index contributed by atoms with van der Waals surface area (Å²) in [7, 11) is 0. The number of carbonyl (C=O) groups excluding carboxylic acids is 1. The van der Waals surface area contributed by atoms with Crippen molar-refractivity contribution in [3.05, 3.63) is 36.0 Å². The van der Waals surface area contributed by atoms with Crippen LogP contribution in [0.25, 0.3) is 10.9 Å². The lowest BCUT2D eigenvalue weighted by Crippen LogP contribution is -2.43. The van der Waals surface area contributed by atoms with Crippen LogP contribution >= 0.6 is 0 Å². The first-order chi connectivity index (χ1) is 9.61. The molecule has 20 heavy (non-hydrogen) atoms. The Kier molecular flexibility index (Phi) is 4.76. The standard InChI is InChI=1S/C15H21N3O2/c1-10(9-19)7-18-15(20)13(16)6-11-8-17-14-5-3-2-4-12(11)14/h2-5,8,10,13,17,19H,6-7,9,16H2,1H3,(H,18,20)/t10?,13-/m1/s1. The van der Waals surface area contributed by atoms with Crippen molar-refractivity contribution < 1.29 is 9.90 Å². The Morgan fingerprint density at radius 3 is 2.95 bits per heavy atom. The minimum absolute atomic E-state index is 0.0410. The van der Waals surface area contributed by atoms with E-state index in [9.17, 15) is 4.79 Å². The fraction of sp³-hybridized carbons (Fsp3) is 0.400. The molecule has 0 radical (unpaired) electrons. The highest BCUT2D eigenvalue weighted by atomic mass is 16.3. The fourth-order valence-corrected chi connectivity index (χ4v) is 2.10. The van der Waals surface area contributed by atoms with Crippen LogP contribution < -0.4 is 11.1 Å². The molecule has 108 valence electrons. The Morgan fingerprint density at radius 2 is 2.20 bits per heavy atom. The molecule has 1 aromatic carbocycles. The summed E-state index contributed by atoms with van der Waals surface area (Å²) < 4.78 is 0. The zero-order valence-electron chi connectivity index (χ0n) is 11.6. The summed E-state index contributed by atoms with van der Waals surface area (Å²) in [5, 5.41) is 12.8. The van der Waals surface area contributed by atoms with E-state index in [-0.39, 0.29) is 18.4 Å². The fourth-order valence-electron chi connectivity index (χ4n) is 2.10. The Morgan fingerprint density at radius 1 is 1.45 bits per heavy atom. The molecule has 1 amide bonds. The van der Waals surface area contributed by atoms with Gasteiger partial charge in [0.05, 0.1) is 6.04 Å². The Balaban J connectivity index is 1.97. The third kappa shape index (κ3) is 3.37. The van der Waals surface area contributed by atoms with E-state index in [1.165, 1.54) is 0 Å². The molecular formula is C15H21N3O2. The molecule has 0 aliphatic carbocycles. The number of benzene rings is 1. The molecule has 5 heteroatoms. The normalized spacial score (nSPS) is 14.2. The molecule has 5 nitrogen and oxygen atoms in total. The number of fused-ring (bicyclic) bond motifs is 1. The van der Waals surface area contributed by atoms with E-state index in [1.54, 1.807) is 0 Å². The highest BCUT2D eigenvalue weighted by Gasteiger charge is 2.16. The quantitative estimate of drug-likeness (QED) is 0.628. The number of amides is 1. The lowest BCUT2D eigenvalue weighted by atomic mass is 10.0. The van der Waals surface area contributed by atoms with Gasteiger partial charge in [-0.15, -0.1) is 0 Å². The van der Waals surface area contributed by atoms with Crippen LogP contribution in [0.4, 0.5) is 0 Å². The molecule has 0 aliphatic rings. The van der Waals surface area contributed by atoms with Gasteiger partial charge in [-0.05, 0) is 24.0 Å². The predicted octanol–water partition coefficient (Wildman–Crippen LogP) is 0.782. The van der Waals surface area contributed by atoms with Gasteiger partial charge in [0.1, 0.15) is 0 Å². The van der Waals surface area contributed by atoms with Crippen molar-refractivity contribution >= 4 is 16.8 Å². The van der Waals surface area contributed by atoms with Crippen molar-refractivity contribution in [1.29, 1.82) is 0 Å². The second kappa shape index (κ2) is 6.54. The molecule has 2 aromatic rings. The molecule has 2 rings (SSSR count). The number of aliphatic hydroxyl groups is 1. The number of hydrogen-bond acceptors (Lipinski definition) is 3. The number of aromatic amines is 1. The number of rotatable bonds is 6. The van der Waals surface area contributed by atoms with Gasteiger partial charge in [0.2, 0.25) is 5.91 Å². The number of aliphatic hydroxyl groups excluding tert-OH is 1. The third-order valence-corrected chi connectivity index (χ3v) is 3.39. The first-order valence-electron chi connectivity index (χ1n) is 6.81. The monoisotopic (exact) mass is 275 g/mol. The first kappa shape index (κ1) is 14.6. The van der Waals surface area contributed by atoms with Crippen LogP contribution in [-0.2, 0) is 11.2 Å². The number of carbonyl (C=O) groups is 1. The second-order valence-electron chi connectivity index (χ2n) is 5.20. The van der Waals surface area contributed by atoms with E-state index in [2.05, 4.69) is 10.3 Å². The highest BCUT2D eigenvalue weighted by Crippen LogP contribution is 2.18. The average molecular weight is 275 g/mol. The number of hydrogen-bond donors (Lipinski definition) is 4. The lowest BCUT2D eigenvalue weighted by Gasteiger charge is -2.14. The molecule has 0 bridgehead atoms. The summed E-state index contributed by atoms with van der Waals surface area (Å²) in [4.78, 5) is 15.1. The summed E-state index contributed by atoms with van der Waals surface area (Å²) in [5.41, 5.74) is 8.02. The molecule has 2 atom stereocenters. The third-order valence-electron chi connectivity index (χ3n) is 3.39. The van der Waals surface area contributed by atoms with E-state index in [0.717, 1.165) is 16.5 Å². The summed E-state index contributed by atoms with van der Waals surface area (Å²) >= 11 is 0. The van der Waals surface area contributed by atoms with Crippen molar-refractivity contribution in [2.24, 2.45) is 11.7 Å². The summed E-state index contributed by atoms with van der Waals surface area (Å²) in [6.45, 7) is 2.36. The maximum Gasteiger partial charge on any atom is 0.237 e. The minimum atomic E-state index is -0.583. The molecule has 0 aliphatic heterocycles. The van der Waals surface area contributed by atoms with Gasteiger partial charge in [-0.1, -0.05) is 25.1 Å². The largest absolute Gasteiger partial charge is 0.396 e. The van der Waals surface area contributed by atoms with Crippen LogP contribution in [0.2, 0.25) is 0 Å². The van der Waals surface area contributed by atoms with Crippen LogP contribution in [-0.4, -0.2) is 35.2 Å². The van der Waals surface area contributed by atoms with E-state index < -0.39 is 6.04 Å². The minimum Gasteiger partial charge on any atom is -0.396 e. The van der Waals surface area contributed by atoms with Crippen LogP contribution in [0, 0.1) is 5.92 Å². The summed E-state index contributed by atoms with van der Waals surface area (Å²) in [6, 6.07) is 7.35.